The Morgan fingerprint density at radius 1 is 1.45 bits per heavy atom. The summed E-state index contributed by atoms with van der Waals surface area (Å²) in [4.78, 5) is 11.0. The van der Waals surface area contributed by atoms with Crippen molar-refractivity contribution < 1.29 is 26.4 Å². The van der Waals surface area contributed by atoms with Crippen molar-refractivity contribution in [1.82, 2.24) is 0 Å². The van der Waals surface area contributed by atoms with Crippen LogP contribution in [0.2, 0.25) is 5.02 Å². The molecule has 0 radical (unpaired) electrons. The summed E-state index contributed by atoms with van der Waals surface area (Å²) >= 11 is 6.19. The molecule has 0 aromatic heterocycles. The molecule has 112 valence electrons. The molecule has 0 aliphatic carbocycles. The van der Waals surface area contributed by atoms with Gasteiger partial charge in [-0.05, 0) is 13.0 Å². The number of benzene rings is 1. The molecule has 20 heavy (non-hydrogen) atoms. The van der Waals surface area contributed by atoms with Gasteiger partial charge in [0.2, 0.25) is 0 Å². The van der Waals surface area contributed by atoms with Crippen molar-refractivity contribution in [1.29, 1.82) is 0 Å². The fraction of sp³-hybridized carbons (Fsp3) is 0.400. The number of hydrogen-bond acceptors (Lipinski definition) is 2. The molecule has 3 nitrogen and oxygen atoms in total. The third-order valence-electron chi connectivity index (χ3n) is 3.32. The lowest BCUT2D eigenvalue weighted by Gasteiger charge is -2.33. The van der Waals surface area contributed by atoms with Gasteiger partial charge in [0.25, 0.3) is 0 Å². The highest BCUT2D eigenvalue weighted by molar-refractivity contribution is 6.31. The summed E-state index contributed by atoms with van der Waals surface area (Å²) < 4.78 is 5.82. The lowest BCUT2D eigenvalue weighted by Crippen LogP contribution is -3.00. The largest absolute Gasteiger partial charge is 1.00 e. The fourth-order valence-corrected chi connectivity index (χ4v) is 2.01. The number of ether oxygens (including phenoxy) is 1. The van der Waals surface area contributed by atoms with E-state index in [2.05, 4.69) is 20.6 Å². The first-order chi connectivity index (χ1) is 9.00. The lowest BCUT2D eigenvalue weighted by atomic mass is 10.2. The van der Waals surface area contributed by atoms with Crippen molar-refractivity contribution in [2.45, 2.75) is 13.5 Å². The van der Waals surface area contributed by atoms with Crippen molar-refractivity contribution >= 4 is 17.6 Å². The Balaban J connectivity index is 0.00000361. The standard InChI is InChI=1S/C15H21ClNO2.ClH/c1-4-15(18)19-11-10-17(3,5-2)12-13-8-6-7-9-14(13)16;/h4,6-9H,1,5,10-12H2,2-3H3;1H/q+1;/p-1. The Morgan fingerprint density at radius 2 is 2.10 bits per heavy atom. The van der Waals surface area contributed by atoms with Gasteiger partial charge in [0, 0.05) is 16.7 Å². The molecule has 1 unspecified atom stereocenters. The first kappa shape index (κ1) is 19.0. The Morgan fingerprint density at radius 3 is 2.65 bits per heavy atom. The van der Waals surface area contributed by atoms with E-state index in [4.69, 9.17) is 16.3 Å². The summed E-state index contributed by atoms with van der Waals surface area (Å²) in [7, 11) is 2.13. The van der Waals surface area contributed by atoms with Crippen molar-refractivity contribution in [3.05, 3.63) is 47.5 Å². The quantitative estimate of drug-likeness (QED) is 0.403. The monoisotopic (exact) mass is 317 g/mol. The number of rotatable bonds is 7. The molecular weight excluding hydrogens is 297 g/mol. The van der Waals surface area contributed by atoms with Gasteiger partial charge >= 0.3 is 5.97 Å². The number of nitrogens with zero attached hydrogens (tertiary/aromatic N) is 1. The van der Waals surface area contributed by atoms with Gasteiger partial charge in [0.15, 0.2) is 0 Å². The van der Waals surface area contributed by atoms with Crippen LogP contribution in [0.4, 0.5) is 0 Å². The molecule has 0 fully saturated rings. The molecule has 0 saturated carbocycles. The van der Waals surface area contributed by atoms with E-state index in [-0.39, 0.29) is 18.4 Å². The van der Waals surface area contributed by atoms with Crippen LogP contribution in [0.3, 0.4) is 0 Å². The van der Waals surface area contributed by atoms with Crippen molar-refractivity contribution in [2.24, 2.45) is 0 Å². The van der Waals surface area contributed by atoms with Gasteiger partial charge in [-0.15, -0.1) is 0 Å². The van der Waals surface area contributed by atoms with E-state index in [9.17, 15) is 4.79 Å². The molecule has 1 rings (SSSR count). The SMILES string of the molecule is C=CC(=O)OCC[N+](C)(CC)Cc1ccccc1Cl.[Cl-]. The fourth-order valence-electron chi connectivity index (χ4n) is 1.81. The van der Waals surface area contributed by atoms with Gasteiger partial charge < -0.3 is 21.6 Å². The molecule has 0 heterocycles. The number of halogens is 2. The highest BCUT2D eigenvalue weighted by atomic mass is 35.5. The van der Waals surface area contributed by atoms with Gasteiger partial charge in [-0.3, -0.25) is 0 Å². The highest BCUT2D eigenvalue weighted by Crippen LogP contribution is 2.20. The molecule has 1 aromatic rings. The van der Waals surface area contributed by atoms with Crippen LogP contribution in [0.5, 0.6) is 0 Å². The Bertz CT molecular complexity index is 451. The van der Waals surface area contributed by atoms with Gasteiger partial charge in [-0.25, -0.2) is 4.79 Å². The van der Waals surface area contributed by atoms with Crippen LogP contribution in [-0.4, -0.2) is 37.2 Å². The third kappa shape index (κ3) is 5.95. The van der Waals surface area contributed by atoms with Crippen LogP contribution in [-0.2, 0) is 16.1 Å². The molecule has 0 aliphatic heterocycles. The second-order valence-electron chi connectivity index (χ2n) is 4.78. The topological polar surface area (TPSA) is 26.3 Å². The van der Waals surface area contributed by atoms with E-state index in [0.717, 1.165) is 34.7 Å². The minimum atomic E-state index is -0.375. The minimum Gasteiger partial charge on any atom is -1.00 e. The third-order valence-corrected chi connectivity index (χ3v) is 3.68. The summed E-state index contributed by atoms with van der Waals surface area (Å²) in [6.07, 6.45) is 1.18. The second-order valence-corrected chi connectivity index (χ2v) is 5.19. The second kappa shape index (κ2) is 9.01. The van der Waals surface area contributed by atoms with Crippen LogP contribution in [0.1, 0.15) is 12.5 Å². The summed E-state index contributed by atoms with van der Waals surface area (Å²) in [5.74, 6) is -0.375. The number of carbonyl (C=O) groups is 1. The highest BCUT2D eigenvalue weighted by Gasteiger charge is 2.21. The Hall–Kier alpha value is -1.03. The van der Waals surface area contributed by atoms with E-state index < -0.39 is 0 Å². The molecule has 5 heteroatoms. The van der Waals surface area contributed by atoms with E-state index >= 15 is 0 Å². The van der Waals surface area contributed by atoms with Gasteiger partial charge in [-0.2, -0.15) is 0 Å². The van der Waals surface area contributed by atoms with E-state index in [1.807, 2.05) is 24.3 Å². The molecule has 0 aliphatic rings. The maximum Gasteiger partial charge on any atom is 0.330 e. The molecule has 1 atom stereocenters. The number of carbonyl (C=O) groups excluding carboxylic acids is 1. The van der Waals surface area contributed by atoms with Crippen LogP contribution in [0.25, 0.3) is 0 Å². The maximum atomic E-state index is 11.0. The number of hydrogen-bond donors (Lipinski definition) is 0. The minimum absolute atomic E-state index is 0. The Kier molecular flexibility index (Phi) is 8.54. The smallest absolute Gasteiger partial charge is 0.330 e. The van der Waals surface area contributed by atoms with Crippen molar-refractivity contribution in [3.63, 3.8) is 0 Å². The lowest BCUT2D eigenvalue weighted by molar-refractivity contribution is -0.921. The zero-order valence-electron chi connectivity index (χ0n) is 11.9. The Labute approximate surface area is 132 Å². The van der Waals surface area contributed by atoms with Crippen molar-refractivity contribution in [2.75, 3.05) is 26.7 Å². The molecular formula is C15H21Cl2NO2. The van der Waals surface area contributed by atoms with Gasteiger partial charge in [0.1, 0.15) is 19.7 Å². The first-order valence-electron chi connectivity index (χ1n) is 6.37. The number of quaternary nitrogens is 1. The molecule has 1 aromatic carbocycles. The van der Waals surface area contributed by atoms with Crippen LogP contribution in [0.15, 0.2) is 36.9 Å². The summed E-state index contributed by atoms with van der Waals surface area (Å²) in [5.41, 5.74) is 1.11. The molecule has 0 bridgehead atoms. The summed E-state index contributed by atoms with van der Waals surface area (Å²) in [6.45, 7) is 8.40. The average Bonchev–Trinajstić information content (AvgIpc) is 2.41. The average molecular weight is 318 g/mol. The zero-order chi connectivity index (χ0) is 14.3. The number of likely N-dealkylation sites (N-methyl/N-ethyl adjacent to an activating group) is 1. The van der Waals surface area contributed by atoms with E-state index in [1.165, 1.54) is 6.08 Å². The molecule has 0 amide bonds. The predicted octanol–water partition coefficient (Wildman–Crippen LogP) is 0.0397. The maximum absolute atomic E-state index is 11.0. The van der Waals surface area contributed by atoms with Gasteiger partial charge in [-0.1, -0.05) is 36.4 Å². The summed E-state index contributed by atoms with van der Waals surface area (Å²) in [6, 6.07) is 7.84. The molecule has 0 saturated heterocycles. The normalized spacial score (nSPS) is 12.9. The number of esters is 1. The first-order valence-corrected chi connectivity index (χ1v) is 6.74. The van der Waals surface area contributed by atoms with E-state index in [0.29, 0.717) is 6.61 Å². The summed E-state index contributed by atoms with van der Waals surface area (Å²) in [5, 5.41) is 0.781. The molecule has 0 spiro atoms. The van der Waals surface area contributed by atoms with Crippen LogP contribution in [0, 0.1) is 0 Å². The molecule has 0 N–H and O–H groups in total. The van der Waals surface area contributed by atoms with Crippen LogP contribution >= 0.6 is 11.6 Å². The van der Waals surface area contributed by atoms with E-state index in [1.54, 1.807) is 0 Å². The zero-order valence-corrected chi connectivity index (χ0v) is 13.5. The predicted molar refractivity (Wildman–Crippen MR) is 77.9 cm³/mol. The van der Waals surface area contributed by atoms with Gasteiger partial charge in [0.05, 0.1) is 13.6 Å². The van der Waals surface area contributed by atoms with Crippen molar-refractivity contribution in [3.8, 4) is 0 Å². The van der Waals surface area contributed by atoms with Crippen LogP contribution < -0.4 is 12.4 Å².